The van der Waals surface area contributed by atoms with Crippen LogP contribution in [0.4, 0.5) is 5.69 Å². The van der Waals surface area contributed by atoms with Gasteiger partial charge in [-0.25, -0.2) is 4.98 Å². The van der Waals surface area contributed by atoms with Crippen LogP contribution in [0.5, 0.6) is 0 Å². The summed E-state index contributed by atoms with van der Waals surface area (Å²) in [5.41, 5.74) is 2.29. The number of thioether (sulfide) groups is 1. The summed E-state index contributed by atoms with van der Waals surface area (Å²) in [4.78, 5) is 29.7. The van der Waals surface area contributed by atoms with Gasteiger partial charge in [0.1, 0.15) is 0 Å². The maximum absolute atomic E-state index is 12.8. The highest BCUT2D eigenvalue weighted by atomic mass is 127. The average Bonchev–Trinajstić information content (AvgIpc) is 2.65. The summed E-state index contributed by atoms with van der Waals surface area (Å²) >= 11 is 3.41. The Kier molecular flexibility index (Phi) is 6.33. The van der Waals surface area contributed by atoms with Crippen molar-refractivity contribution >= 4 is 56.9 Å². The topological polar surface area (TPSA) is 64.0 Å². The summed E-state index contributed by atoms with van der Waals surface area (Å²) in [5.74, 6) is 0.0183. The SMILES string of the molecule is C=CCn1c(SCC(=O)Nc2ccccc2C)nc2ccc(I)cc2c1=O. The molecule has 7 heteroatoms. The molecule has 5 nitrogen and oxygen atoms in total. The van der Waals surface area contributed by atoms with Gasteiger partial charge >= 0.3 is 0 Å². The minimum absolute atomic E-state index is 0.125. The van der Waals surface area contributed by atoms with E-state index in [1.807, 2.05) is 49.4 Å². The van der Waals surface area contributed by atoms with Crippen molar-refractivity contribution in [3.05, 3.63) is 74.6 Å². The highest BCUT2D eigenvalue weighted by Crippen LogP contribution is 2.20. The third-order valence-corrected chi connectivity index (χ3v) is 5.59. The molecule has 0 aliphatic carbocycles. The summed E-state index contributed by atoms with van der Waals surface area (Å²) in [5, 5.41) is 3.97. The Morgan fingerprint density at radius 3 is 2.85 bits per heavy atom. The molecule has 1 N–H and O–H groups in total. The van der Waals surface area contributed by atoms with E-state index in [1.54, 1.807) is 10.6 Å². The van der Waals surface area contributed by atoms with Gasteiger partial charge in [0, 0.05) is 15.8 Å². The second-order valence-corrected chi connectivity index (χ2v) is 8.10. The van der Waals surface area contributed by atoms with E-state index in [0.29, 0.717) is 22.6 Å². The van der Waals surface area contributed by atoms with Crippen molar-refractivity contribution in [3.8, 4) is 0 Å². The number of amides is 1. The van der Waals surface area contributed by atoms with Crippen molar-refractivity contribution in [2.75, 3.05) is 11.1 Å². The number of halogens is 1. The lowest BCUT2D eigenvalue weighted by molar-refractivity contribution is -0.113. The molecule has 138 valence electrons. The predicted octanol–water partition coefficient (Wildman–Crippen LogP) is 4.23. The number of aromatic nitrogens is 2. The molecule has 1 aromatic heterocycles. The Balaban J connectivity index is 1.85. The molecule has 0 saturated carbocycles. The second-order valence-electron chi connectivity index (χ2n) is 5.91. The second kappa shape index (κ2) is 8.71. The van der Waals surface area contributed by atoms with E-state index in [0.717, 1.165) is 14.8 Å². The van der Waals surface area contributed by atoms with Crippen molar-refractivity contribution < 1.29 is 4.79 Å². The van der Waals surface area contributed by atoms with Gasteiger partial charge in [-0.3, -0.25) is 14.2 Å². The number of nitrogens with one attached hydrogen (secondary N) is 1. The molecule has 1 amide bonds. The van der Waals surface area contributed by atoms with Crippen molar-refractivity contribution in [2.24, 2.45) is 0 Å². The lowest BCUT2D eigenvalue weighted by Gasteiger charge is -2.12. The van der Waals surface area contributed by atoms with Crippen LogP contribution >= 0.6 is 34.4 Å². The van der Waals surface area contributed by atoms with Crippen LogP contribution < -0.4 is 10.9 Å². The number of aryl methyl sites for hydroxylation is 1. The van der Waals surface area contributed by atoms with Crippen molar-refractivity contribution in [1.82, 2.24) is 9.55 Å². The molecule has 27 heavy (non-hydrogen) atoms. The first-order valence-corrected chi connectivity index (χ1v) is 10.4. The van der Waals surface area contributed by atoms with E-state index >= 15 is 0 Å². The zero-order valence-electron chi connectivity index (χ0n) is 14.7. The molecule has 2 aromatic carbocycles. The molecule has 0 bridgehead atoms. The van der Waals surface area contributed by atoms with Gasteiger partial charge in [-0.15, -0.1) is 6.58 Å². The predicted molar refractivity (Wildman–Crippen MR) is 119 cm³/mol. The monoisotopic (exact) mass is 491 g/mol. The number of fused-ring (bicyclic) bond motifs is 1. The first kappa shape index (κ1) is 19.6. The maximum Gasteiger partial charge on any atom is 0.262 e. The molecule has 3 rings (SSSR count). The van der Waals surface area contributed by atoms with Crippen LogP contribution in [0.3, 0.4) is 0 Å². The van der Waals surface area contributed by atoms with Crippen molar-refractivity contribution in [3.63, 3.8) is 0 Å². The van der Waals surface area contributed by atoms with E-state index in [-0.39, 0.29) is 17.2 Å². The van der Waals surface area contributed by atoms with Crippen LogP contribution in [0, 0.1) is 10.5 Å². The third kappa shape index (κ3) is 4.59. The summed E-state index contributed by atoms with van der Waals surface area (Å²) in [6.07, 6.45) is 1.65. The molecule has 0 aliphatic rings. The molecule has 0 atom stereocenters. The Bertz CT molecular complexity index is 1080. The molecule has 0 unspecified atom stereocenters. The molecular formula is C20H18IN3O2S. The zero-order chi connectivity index (χ0) is 19.4. The molecule has 0 radical (unpaired) electrons. The van der Waals surface area contributed by atoms with Gasteiger partial charge in [-0.05, 0) is 59.3 Å². The smallest absolute Gasteiger partial charge is 0.262 e. The van der Waals surface area contributed by atoms with Gasteiger partial charge in [0.25, 0.3) is 5.56 Å². The number of anilines is 1. The third-order valence-electron chi connectivity index (χ3n) is 3.94. The minimum atomic E-state index is -0.142. The van der Waals surface area contributed by atoms with E-state index in [2.05, 4.69) is 39.5 Å². The molecule has 0 spiro atoms. The quantitative estimate of drug-likeness (QED) is 0.243. The number of hydrogen-bond acceptors (Lipinski definition) is 4. The number of rotatable bonds is 6. The van der Waals surface area contributed by atoms with Gasteiger partial charge in [-0.2, -0.15) is 0 Å². The van der Waals surface area contributed by atoms with Crippen LogP contribution in [0.15, 0.2) is 65.1 Å². The van der Waals surface area contributed by atoms with Crippen molar-refractivity contribution in [1.29, 1.82) is 0 Å². The fourth-order valence-electron chi connectivity index (χ4n) is 2.60. The van der Waals surface area contributed by atoms with Gasteiger partial charge in [0.05, 0.1) is 16.7 Å². The van der Waals surface area contributed by atoms with Crippen LogP contribution in [-0.2, 0) is 11.3 Å². The highest BCUT2D eigenvalue weighted by Gasteiger charge is 2.13. The van der Waals surface area contributed by atoms with Gasteiger partial charge in [-0.1, -0.05) is 36.0 Å². The largest absolute Gasteiger partial charge is 0.325 e. The Morgan fingerprint density at radius 2 is 2.11 bits per heavy atom. The minimum Gasteiger partial charge on any atom is -0.325 e. The molecule has 0 aliphatic heterocycles. The summed E-state index contributed by atoms with van der Waals surface area (Å²) in [6.45, 7) is 6.00. The number of para-hydroxylation sites is 1. The molecule has 3 aromatic rings. The van der Waals surface area contributed by atoms with E-state index < -0.39 is 0 Å². The lowest BCUT2D eigenvalue weighted by Crippen LogP contribution is -2.24. The fourth-order valence-corrected chi connectivity index (χ4v) is 3.90. The Hall–Kier alpha value is -2.13. The highest BCUT2D eigenvalue weighted by molar-refractivity contribution is 14.1. The first-order chi connectivity index (χ1) is 13.0. The number of benzene rings is 2. The van der Waals surface area contributed by atoms with Crippen LogP contribution in [0.2, 0.25) is 0 Å². The number of allylic oxidation sites excluding steroid dienone is 1. The van der Waals surface area contributed by atoms with Crippen LogP contribution in [-0.4, -0.2) is 21.2 Å². The normalized spacial score (nSPS) is 10.7. The number of hydrogen-bond donors (Lipinski definition) is 1. The Labute approximate surface area is 175 Å². The maximum atomic E-state index is 12.8. The van der Waals surface area contributed by atoms with Crippen LogP contribution in [0.1, 0.15) is 5.56 Å². The average molecular weight is 491 g/mol. The standard InChI is InChI=1S/C20H18IN3O2S/c1-3-10-24-19(26)15-11-14(21)8-9-17(15)23-20(24)27-12-18(25)22-16-7-5-4-6-13(16)2/h3-9,11H,1,10,12H2,2H3,(H,22,25). The number of nitrogens with zero attached hydrogens (tertiary/aromatic N) is 2. The van der Waals surface area contributed by atoms with Gasteiger partial charge in [0.2, 0.25) is 5.91 Å². The molecule has 1 heterocycles. The zero-order valence-corrected chi connectivity index (χ0v) is 17.7. The number of carbonyl (C=O) groups is 1. The van der Waals surface area contributed by atoms with Gasteiger partial charge in [0.15, 0.2) is 5.16 Å². The fraction of sp³-hybridized carbons (Fsp3) is 0.150. The molecule has 0 fully saturated rings. The van der Waals surface area contributed by atoms with E-state index in [9.17, 15) is 9.59 Å². The Morgan fingerprint density at radius 1 is 1.33 bits per heavy atom. The van der Waals surface area contributed by atoms with E-state index in [1.165, 1.54) is 11.8 Å². The van der Waals surface area contributed by atoms with Crippen molar-refractivity contribution in [2.45, 2.75) is 18.6 Å². The van der Waals surface area contributed by atoms with Gasteiger partial charge < -0.3 is 5.32 Å². The number of carbonyl (C=O) groups excluding carboxylic acids is 1. The summed E-state index contributed by atoms with van der Waals surface area (Å²) < 4.78 is 2.53. The summed E-state index contributed by atoms with van der Waals surface area (Å²) in [6, 6.07) is 13.2. The molecular weight excluding hydrogens is 473 g/mol. The lowest BCUT2D eigenvalue weighted by atomic mass is 10.2. The molecule has 0 saturated heterocycles. The summed E-state index contributed by atoms with van der Waals surface area (Å²) in [7, 11) is 0. The van der Waals surface area contributed by atoms with Crippen LogP contribution in [0.25, 0.3) is 10.9 Å². The first-order valence-electron chi connectivity index (χ1n) is 8.29. The van der Waals surface area contributed by atoms with E-state index in [4.69, 9.17) is 0 Å².